The third-order valence-electron chi connectivity index (χ3n) is 3.78. The molecule has 8 heteroatoms. The molecule has 0 unspecified atom stereocenters. The number of carbonyl (C=O) groups is 2. The highest BCUT2D eigenvalue weighted by molar-refractivity contribution is 7.90. The molecule has 2 N–H and O–H groups in total. The van der Waals surface area contributed by atoms with E-state index in [1.807, 2.05) is 6.92 Å². The van der Waals surface area contributed by atoms with Crippen LogP contribution in [0.15, 0.2) is 47.4 Å². The topological polar surface area (TPSA) is 92.3 Å². The molecule has 0 saturated carbocycles. The summed E-state index contributed by atoms with van der Waals surface area (Å²) >= 11 is 6.19. The van der Waals surface area contributed by atoms with E-state index in [0.717, 1.165) is 19.1 Å². The van der Waals surface area contributed by atoms with E-state index in [2.05, 4.69) is 10.6 Å². The maximum absolute atomic E-state index is 12.4. The Balaban J connectivity index is 2.11. The van der Waals surface area contributed by atoms with Gasteiger partial charge in [-0.25, -0.2) is 8.42 Å². The van der Waals surface area contributed by atoms with E-state index in [0.29, 0.717) is 17.8 Å². The van der Waals surface area contributed by atoms with Gasteiger partial charge in [-0.1, -0.05) is 31.0 Å². The van der Waals surface area contributed by atoms with E-state index in [9.17, 15) is 18.0 Å². The molecule has 2 aromatic rings. The molecule has 0 aliphatic carbocycles. The molecule has 6 nitrogen and oxygen atoms in total. The van der Waals surface area contributed by atoms with Crippen LogP contribution in [0.3, 0.4) is 0 Å². The van der Waals surface area contributed by atoms with Gasteiger partial charge < -0.3 is 10.6 Å². The van der Waals surface area contributed by atoms with Crippen LogP contribution in [0, 0.1) is 0 Å². The molecule has 2 amide bonds. The molecule has 27 heavy (non-hydrogen) atoms. The summed E-state index contributed by atoms with van der Waals surface area (Å²) in [6.07, 6.45) is 3.25. The summed E-state index contributed by atoms with van der Waals surface area (Å²) in [7, 11) is -3.41. The van der Waals surface area contributed by atoms with Crippen molar-refractivity contribution in [2.75, 3.05) is 16.9 Å². The van der Waals surface area contributed by atoms with E-state index in [1.54, 1.807) is 18.2 Å². The van der Waals surface area contributed by atoms with Gasteiger partial charge in [-0.15, -0.1) is 0 Å². The minimum atomic E-state index is -3.41. The third kappa shape index (κ3) is 6.08. The Hall–Kier alpha value is -2.38. The fourth-order valence-electron chi connectivity index (χ4n) is 2.32. The molecule has 0 atom stereocenters. The molecule has 0 radical (unpaired) electrons. The van der Waals surface area contributed by atoms with Crippen LogP contribution in [-0.2, 0) is 14.6 Å². The number of rotatable bonds is 7. The number of amides is 2. The molecule has 2 aromatic carbocycles. The molecule has 144 valence electrons. The number of carbonyl (C=O) groups excluding carboxylic acids is 2. The number of hydrogen-bond donors (Lipinski definition) is 2. The lowest BCUT2D eigenvalue weighted by Crippen LogP contribution is -2.14. The van der Waals surface area contributed by atoms with Crippen molar-refractivity contribution in [2.24, 2.45) is 0 Å². The quantitative estimate of drug-likeness (QED) is 0.720. The number of halogens is 1. The molecule has 0 aliphatic rings. The zero-order valence-corrected chi connectivity index (χ0v) is 16.7. The Morgan fingerprint density at radius 1 is 1.07 bits per heavy atom. The van der Waals surface area contributed by atoms with Crippen molar-refractivity contribution >= 4 is 44.6 Å². The molecular weight excluding hydrogens is 388 g/mol. The molecule has 0 spiro atoms. The monoisotopic (exact) mass is 408 g/mol. The minimum absolute atomic E-state index is 0.0615. The summed E-state index contributed by atoms with van der Waals surface area (Å²) in [6, 6.07) is 10.5. The third-order valence-corrected chi connectivity index (χ3v) is 5.21. The molecule has 0 aliphatic heterocycles. The normalized spacial score (nSPS) is 11.1. The van der Waals surface area contributed by atoms with Gasteiger partial charge in [-0.2, -0.15) is 0 Å². The van der Waals surface area contributed by atoms with Crippen LogP contribution in [-0.4, -0.2) is 26.5 Å². The van der Waals surface area contributed by atoms with Crippen LogP contribution in [0.5, 0.6) is 0 Å². The number of sulfone groups is 1. The summed E-state index contributed by atoms with van der Waals surface area (Å²) in [6.45, 7) is 2.01. The van der Waals surface area contributed by atoms with Crippen molar-refractivity contribution in [1.29, 1.82) is 0 Å². The summed E-state index contributed by atoms with van der Waals surface area (Å²) in [4.78, 5) is 24.2. The van der Waals surface area contributed by atoms with Crippen molar-refractivity contribution in [3.63, 3.8) is 0 Å². The summed E-state index contributed by atoms with van der Waals surface area (Å²) in [5.74, 6) is -0.579. The van der Waals surface area contributed by atoms with E-state index in [1.165, 1.54) is 24.3 Å². The van der Waals surface area contributed by atoms with Crippen molar-refractivity contribution < 1.29 is 18.0 Å². The van der Waals surface area contributed by atoms with Gasteiger partial charge in [-0.3, -0.25) is 9.59 Å². The first-order valence-corrected chi connectivity index (χ1v) is 10.7. The zero-order valence-electron chi connectivity index (χ0n) is 15.1. The van der Waals surface area contributed by atoms with Crippen molar-refractivity contribution in [2.45, 2.75) is 31.1 Å². The van der Waals surface area contributed by atoms with Crippen molar-refractivity contribution in [3.05, 3.63) is 53.1 Å². The van der Waals surface area contributed by atoms with Gasteiger partial charge in [0.15, 0.2) is 9.84 Å². The van der Waals surface area contributed by atoms with E-state index in [4.69, 9.17) is 11.6 Å². The van der Waals surface area contributed by atoms with Crippen molar-refractivity contribution in [3.8, 4) is 0 Å². The molecule has 0 saturated heterocycles. The predicted octanol–water partition coefficient (Wildman–Crippen LogP) is 4.12. The van der Waals surface area contributed by atoms with Crippen LogP contribution in [0.25, 0.3) is 0 Å². The lowest BCUT2D eigenvalue weighted by atomic mass is 10.2. The summed E-state index contributed by atoms with van der Waals surface area (Å²) < 4.78 is 23.2. The van der Waals surface area contributed by atoms with E-state index < -0.39 is 15.7 Å². The molecule has 2 rings (SSSR count). The zero-order chi connectivity index (χ0) is 20.0. The standard InChI is InChI=1S/C19H21ClN2O4S/c1-3-4-8-18(23)21-14-9-10-17(16(20)12-14)22-19(24)13-6-5-7-15(11-13)27(2,25)26/h5-7,9-12H,3-4,8H2,1-2H3,(H,21,23)(H,22,24). The van der Waals surface area contributed by atoms with Gasteiger partial charge >= 0.3 is 0 Å². The Kier molecular flexibility index (Phi) is 6.98. The van der Waals surface area contributed by atoms with Gasteiger partial charge in [-0.05, 0) is 42.8 Å². The number of nitrogens with one attached hydrogen (secondary N) is 2. The van der Waals surface area contributed by atoms with Gasteiger partial charge in [0.05, 0.1) is 15.6 Å². The van der Waals surface area contributed by atoms with Gasteiger partial charge in [0.2, 0.25) is 5.91 Å². The lowest BCUT2D eigenvalue weighted by molar-refractivity contribution is -0.116. The number of benzene rings is 2. The second-order valence-electron chi connectivity index (χ2n) is 6.10. The first-order valence-electron chi connectivity index (χ1n) is 8.41. The first-order chi connectivity index (χ1) is 12.7. The highest BCUT2D eigenvalue weighted by Gasteiger charge is 2.13. The van der Waals surface area contributed by atoms with Gasteiger partial charge in [0.1, 0.15) is 0 Å². The minimum Gasteiger partial charge on any atom is -0.326 e. The molecule has 0 aromatic heterocycles. The number of unbranched alkanes of at least 4 members (excludes halogenated alkanes) is 1. The number of anilines is 2. The van der Waals surface area contributed by atoms with Crippen LogP contribution in [0.4, 0.5) is 11.4 Å². The van der Waals surface area contributed by atoms with Gasteiger partial charge in [0, 0.05) is 23.9 Å². The highest BCUT2D eigenvalue weighted by atomic mass is 35.5. The fraction of sp³-hybridized carbons (Fsp3) is 0.263. The molecule has 0 fully saturated rings. The number of hydrogen-bond acceptors (Lipinski definition) is 4. The fourth-order valence-corrected chi connectivity index (χ4v) is 3.21. The lowest BCUT2D eigenvalue weighted by Gasteiger charge is -2.11. The Labute approximate surface area is 163 Å². The summed E-state index contributed by atoms with van der Waals surface area (Å²) in [5.41, 5.74) is 1.10. The summed E-state index contributed by atoms with van der Waals surface area (Å²) in [5, 5.41) is 5.65. The Bertz CT molecular complexity index is 958. The average molecular weight is 409 g/mol. The second-order valence-corrected chi connectivity index (χ2v) is 8.52. The van der Waals surface area contributed by atoms with Crippen LogP contribution in [0.1, 0.15) is 36.5 Å². The SMILES string of the molecule is CCCCC(=O)Nc1ccc(NC(=O)c2cccc(S(C)(=O)=O)c2)c(Cl)c1. The highest BCUT2D eigenvalue weighted by Crippen LogP contribution is 2.26. The largest absolute Gasteiger partial charge is 0.326 e. The van der Waals surface area contributed by atoms with Crippen molar-refractivity contribution in [1.82, 2.24) is 0 Å². The van der Waals surface area contributed by atoms with Gasteiger partial charge in [0.25, 0.3) is 5.91 Å². The Morgan fingerprint density at radius 2 is 1.81 bits per heavy atom. The molecule has 0 heterocycles. The molecular formula is C19H21ClN2O4S. The smallest absolute Gasteiger partial charge is 0.255 e. The Morgan fingerprint density at radius 3 is 2.44 bits per heavy atom. The molecule has 0 bridgehead atoms. The maximum atomic E-state index is 12.4. The van der Waals surface area contributed by atoms with E-state index in [-0.39, 0.29) is 21.4 Å². The maximum Gasteiger partial charge on any atom is 0.255 e. The first kappa shape index (κ1) is 20.9. The van der Waals surface area contributed by atoms with E-state index >= 15 is 0 Å². The van der Waals surface area contributed by atoms with Crippen LogP contribution in [0.2, 0.25) is 5.02 Å². The average Bonchev–Trinajstić information content (AvgIpc) is 2.61. The van der Waals surface area contributed by atoms with Crippen LogP contribution >= 0.6 is 11.6 Å². The second kappa shape index (κ2) is 9.01. The predicted molar refractivity (Wildman–Crippen MR) is 107 cm³/mol. The van der Waals surface area contributed by atoms with Crippen LogP contribution < -0.4 is 10.6 Å².